The van der Waals surface area contributed by atoms with Crippen LogP contribution in [0.1, 0.15) is 58.3 Å². The second-order valence-corrected chi connectivity index (χ2v) is 4.69. The van der Waals surface area contributed by atoms with Gasteiger partial charge in [0.25, 0.3) is 0 Å². The van der Waals surface area contributed by atoms with Crippen molar-refractivity contribution in [3.63, 3.8) is 0 Å². The van der Waals surface area contributed by atoms with E-state index in [-0.39, 0.29) is 6.42 Å². The van der Waals surface area contributed by atoms with Gasteiger partial charge in [-0.2, -0.15) is 0 Å². The molecule has 0 saturated heterocycles. The number of carboxylic acid groups (broad SMARTS) is 1. The predicted octanol–water partition coefficient (Wildman–Crippen LogP) is 5.44. The normalized spacial score (nSPS) is 12.4. The molecule has 0 amide bonds. The number of carbonyl (C=O) groups is 1. The fourth-order valence-corrected chi connectivity index (χ4v) is 1.63. The molecule has 0 aliphatic heterocycles. The molecule has 0 unspecified atom stereocenters. The molecule has 20 heavy (non-hydrogen) atoms. The second-order valence-electron chi connectivity index (χ2n) is 4.69. The third-order valence-electron chi connectivity index (χ3n) is 2.75. The standard InChI is InChI=1S/C18H28O2/c1-2-3-4-5-6-7-8-9-10-11-12-13-14-15-16-17-18(19)20/h6-7,9-10,12-13,15-16H,2-5,8,11,14,17H2,1H3,(H,19,20). The van der Waals surface area contributed by atoms with Crippen LogP contribution in [-0.4, -0.2) is 11.1 Å². The van der Waals surface area contributed by atoms with Crippen molar-refractivity contribution in [1.29, 1.82) is 0 Å². The second kappa shape index (κ2) is 15.5. The lowest BCUT2D eigenvalue weighted by Gasteiger charge is -1.90. The van der Waals surface area contributed by atoms with Crippen molar-refractivity contribution in [3.05, 3.63) is 48.6 Å². The van der Waals surface area contributed by atoms with Crippen LogP contribution in [0.2, 0.25) is 0 Å². The first-order chi connectivity index (χ1) is 9.77. The Morgan fingerprint density at radius 3 is 1.80 bits per heavy atom. The summed E-state index contributed by atoms with van der Waals surface area (Å²) < 4.78 is 0. The number of hydrogen-bond acceptors (Lipinski definition) is 1. The average Bonchev–Trinajstić information content (AvgIpc) is 2.43. The number of hydrogen-bond donors (Lipinski definition) is 1. The van der Waals surface area contributed by atoms with Crippen LogP contribution in [0.25, 0.3) is 0 Å². The van der Waals surface area contributed by atoms with Crippen molar-refractivity contribution in [1.82, 2.24) is 0 Å². The van der Waals surface area contributed by atoms with Gasteiger partial charge in [-0.15, -0.1) is 0 Å². The van der Waals surface area contributed by atoms with Gasteiger partial charge in [0, 0.05) is 0 Å². The van der Waals surface area contributed by atoms with E-state index >= 15 is 0 Å². The van der Waals surface area contributed by atoms with Crippen molar-refractivity contribution < 1.29 is 9.90 Å². The smallest absolute Gasteiger partial charge is 0.307 e. The zero-order valence-electron chi connectivity index (χ0n) is 12.6. The largest absolute Gasteiger partial charge is 0.481 e. The molecule has 0 atom stereocenters. The van der Waals surface area contributed by atoms with Gasteiger partial charge < -0.3 is 5.11 Å². The van der Waals surface area contributed by atoms with Crippen molar-refractivity contribution in [2.45, 2.75) is 58.3 Å². The highest BCUT2D eigenvalue weighted by atomic mass is 16.4. The molecule has 0 aromatic carbocycles. The van der Waals surface area contributed by atoms with Crippen LogP contribution in [0.5, 0.6) is 0 Å². The zero-order valence-corrected chi connectivity index (χ0v) is 12.6. The van der Waals surface area contributed by atoms with Crippen LogP contribution in [-0.2, 0) is 4.79 Å². The van der Waals surface area contributed by atoms with E-state index in [1.165, 1.54) is 25.7 Å². The van der Waals surface area contributed by atoms with E-state index in [9.17, 15) is 4.79 Å². The topological polar surface area (TPSA) is 37.3 Å². The van der Waals surface area contributed by atoms with Gasteiger partial charge in [0.15, 0.2) is 0 Å². The van der Waals surface area contributed by atoms with Crippen molar-refractivity contribution >= 4 is 5.97 Å². The molecule has 0 aromatic heterocycles. The van der Waals surface area contributed by atoms with Gasteiger partial charge in [-0.1, -0.05) is 68.4 Å². The maximum atomic E-state index is 10.2. The number of rotatable bonds is 12. The molecule has 2 heteroatoms. The molecule has 0 aliphatic rings. The fraction of sp³-hybridized carbons (Fsp3) is 0.500. The molecular formula is C18H28O2. The van der Waals surface area contributed by atoms with Crippen LogP contribution in [0.15, 0.2) is 48.6 Å². The minimum atomic E-state index is -0.782. The number of carboxylic acids is 1. The summed E-state index contributed by atoms with van der Waals surface area (Å²) in [7, 11) is 0. The van der Waals surface area contributed by atoms with Crippen molar-refractivity contribution in [3.8, 4) is 0 Å². The molecule has 0 fully saturated rings. The van der Waals surface area contributed by atoms with E-state index in [1.807, 2.05) is 6.08 Å². The Bertz CT molecular complexity index is 335. The average molecular weight is 276 g/mol. The number of allylic oxidation sites excluding steroid dienone is 7. The van der Waals surface area contributed by atoms with Gasteiger partial charge in [0.1, 0.15) is 0 Å². The van der Waals surface area contributed by atoms with Crippen LogP contribution < -0.4 is 0 Å². The summed E-state index contributed by atoms with van der Waals surface area (Å²) in [6.07, 6.45) is 24.5. The highest BCUT2D eigenvalue weighted by Crippen LogP contribution is 2.00. The molecule has 1 N–H and O–H groups in total. The van der Waals surface area contributed by atoms with Crippen LogP contribution >= 0.6 is 0 Å². The monoisotopic (exact) mass is 276 g/mol. The lowest BCUT2D eigenvalue weighted by atomic mass is 10.2. The quantitative estimate of drug-likeness (QED) is 0.381. The highest BCUT2D eigenvalue weighted by Gasteiger charge is 1.87. The van der Waals surface area contributed by atoms with Gasteiger partial charge in [0.05, 0.1) is 6.42 Å². The molecule has 0 aromatic rings. The highest BCUT2D eigenvalue weighted by molar-refractivity contribution is 5.68. The van der Waals surface area contributed by atoms with E-state index in [0.29, 0.717) is 0 Å². The van der Waals surface area contributed by atoms with Gasteiger partial charge in [0.2, 0.25) is 0 Å². The van der Waals surface area contributed by atoms with E-state index in [4.69, 9.17) is 5.11 Å². The van der Waals surface area contributed by atoms with Gasteiger partial charge in [-0.25, -0.2) is 0 Å². The van der Waals surface area contributed by atoms with Crippen molar-refractivity contribution in [2.24, 2.45) is 0 Å². The van der Waals surface area contributed by atoms with Crippen molar-refractivity contribution in [2.75, 3.05) is 0 Å². The minimum absolute atomic E-state index is 0.109. The first-order valence-corrected chi connectivity index (χ1v) is 7.59. The van der Waals surface area contributed by atoms with E-state index in [0.717, 1.165) is 19.3 Å². The fourth-order valence-electron chi connectivity index (χ4n) is 1.63. The Balaban J connectivity index is 3.42. The van der Waals surface area contributed by atoms with Crippen LogP contribution in [0, 0.1) is 0 Å². The lowest BCUT2D eigenvalue weighted by Crippen LogP contribution is -1.89. The Labute approximate surface area is 123 Å². The number of aliphatic carboxylic acids is 1. The summed E-state index contributed by atoms with van der Waals surface area (Å²) in [4.78, 5) is 10.2. The number of unbranched alkanes of at least 4 members (excludes halogenated alkanes) is 3. The van der Waals surface area contributed by atoms with E-state index in [2.05, 4.69) is 43.4 Å². The molecule has 112 valence electrons. The molecule has 0 spiro atoms. The SMILES string of the molecule is CCCCCC=CCC=CCC=CCC=CCC(=O)O. The summed E-state index contributed by atoms with van der Waals surface area (Å²) in [5.41, 5.74) is 0. The van der Waals surface area contributed by atoms with Gasteiger partial charge in [-0.3, -0.25) is 4.79 Å². The van der Waals surface area contributed by atoms with E-state index < -0.39 is 5.97 Å². The first kappa shape index (κ1) is 18.4. The van der Waals surface area contributed by atoms with E-state index in [1.54, 1.807) is 6.08 Å². The Morgan fingerprint density at radius 1 is 0.800 bits per heavy atom. The first-order valence-electron chi connectivity index (χ1n) is 7.59. The summed E-state index contributed by atoms with van der Waals surface area (Å²) in [5, 5.41) is 8.43. The van der Waals surface area contributed by atoms with Gasteiger partial charge in [-0.05, 0) is 32.1 Å². The zero-order chi connectivity index (χ0) is 14.9. The molecule has 0 saturated carbocycles. The maximum Gasteiger partial charge on any atom is 0.307 e. The molecule has 2 nitrogen and oxygen atoms in total. The molecule has 0 radical (unpaired) electrons. The summed E-state index contributed by atoms with van der Waals surface area (Å²) in [5.74, 6) is -0.782. The van der Waals surface area contributed by atoms with Crippen LogP contribution in [0.4, 0.5) is 0 Å². The Hall–Kier alpha value is -1.57. The Kier molecular flexibility index (Phi) is 14.3. The van der Waals surface area contributed by atoms with Gasteiger partial charge >= 0.3 is 5.97 Å². The summed E-state index contributed by atoms with van der Waals surface area (Å²) in [6, 6.07) is 0. The third-order valence-corrected chi connectivity index (χ3v) is 2.75. The predicted molar refractivity (Wildman–Crippen MR) is 86.8 cm³/mol. The lowest BCUT2D eigenvalue weighted by molar-refractivity contribution is -0.136. The molecule has 0 bridgehead atoms. The summed E-state index contributed by atoms with van der Waals surface area (Å²) in [6.45, 7) is 2.22. The molecule has 0 aliphatic carbocycles. The van der Waals surface area contributed by atoms with Crippen LogP contribution in [0.3, 0.4) is 0 Å². The Morgan fingerprint density at radius 2 is 1.30 bits per heavy atom. The third kappa shape index (κ3) is 16.4. The summed E-state index contributed by atoms with van der Waals surface area (Å²) >= 11 is 0. The molecule has 0 rings (SSSR count). The molecular weight excluding hydrogens is 248 g/mol. The molecule has 0 heterocycles. The minimum Gasteiger partial charge on any atom is -0.481 e. The maximum absolute atomic E-state index is 10.2.